The normalized spacial score (nSPS) is 14.3. The first kappa shape index (κ1) is 16.6. The molecule has 1 heterocycles. The van der Waals surface area contributed by atoms with Gasteiger partial charge in [0.05, 0.1) is 10.7 Å². The van der Waals surface area contributed by atoms with Crippen LogP contribution < -0.4 is 4.74 Å². The summed E-state index contributed by atoms with van der Waals surface area (Å²) in [6.07, 6.45) is 5.48. The quantitative estimate of drug-likeness (QED) is 0.722. The summed E-state index contributed by atoms with van der Waals surface area (Å²) in [5.41, 5.74) is 3.50. The van der Waals surface area contributed by atoms with E-state index in [2.05, 4.69) is 5.10 Å². The number of hydrogen-bond donors (Lipinski definition) is 0. The van der Waals surface area contributed by atoms with Crippen molar-refractivity contribution < 1.29 is 9.13 Å². The number of aryl methyl sites for hydroxylation is 1. The van der Waals surface area contributed by atoms with E-state index < -0.39 is 5.82 Å². The molecule has 1 aromatic heterocycles. The first-order valence-electron chi connectivity index (χ1n) is 7.25. The highest BCUT2D eigenvalue weighted by molar-refractivity contribution is 6.32. The molecule has 0 spiro atoms. The summed E-state index contributed by atoms with van der Waals surface area (Å²) in [4.78, 5) is 0. The first-order chi connectivity index (χ1) is 11.1. The zero-order chi connectivity index (χ0) is 16.4. The standard InChI is InChI=1S/C16H14Cl3FN2O/c17-6-3-7-23-15-9-14(12(20)8-11(15)18)22-16(19)10-4-1-2-5-13(10)21-22/h3,6,8-9H,1-2,4-5,7H2. The lowest BCUT2D eigenvalue weighted by Gasteiger charge is -2.11. The van der Waals surface area contributed by atoms with Crippen molar-refractivity contribution in [3.63, 3.8) is 0 Å². The summed E-state index contributed by atoms with van der Waals surface area (Å²) in [5.74, 6) is -0.153. The van der Waals surface area contributed by atoms with Crippen LogP contribution in [0.1, 0.15) is 24.1 Å². The van der Waals surface area contributed by atoms with Crippen molar-refractivity contribution in [2.75, 3.05) is 6.61 Å². The maximum absolute atomic E-state index is 14.4. The van der Waals surface area contributed by atoms with Gasteiger partial charge in [-0.25, -0.2) is 9.07 Å². The molecule has 0 radical (unpaired) electrons. The molecule has 1 aliphatic carbocycles. The van der Waals surface area contributed by atoms with Gasteiger partial charge in [-0.2, -0.15) is 5.10 Å². The van der Waals surface area contributed by atoms with Gasteiger partial charge in [0, 0.05) is 17.2 Å². The van der Waals surface area contributed by atoms with E-state index in [1.807, 2.05) is 0 Å². The van der Waals surface area contributed by atoms with Crippen molar-refractivity contribution in [2.24, 2.45) is 0 Å². The van der Waals surface area contributed by atoms with Crippen LogP contribution in [-0.2, 0) is 12.8 Å². The third-order valence-corrected chi connectivity index (χ3v) is 4.61. The molecular weight excluding hydrogens is 362 g/mol. The summed E-state index contributed by atoms with van der Waals surface area (Å²) >= 11 is 17.9. The first-order valence-corrected chi connectivity index (χ1v) is 8.44. The molecule has 3 rings (SSSR count). The lowest BCUT2D eigenvalue weighted by atomic mass is 9.99. The van der Waals surface area contributed by atoms with Gasteiger partial charge in [0.25, 0.3) is 0 Å². The van der Waals surface area contributed by atoms with E-state index in [1.165, 1.54) is 22.3 Å². The highest BCUT2D eigenvalue weighted by Crippen LogP contribution is 2.34. The number of benzene rings is 1. The highest BCUT2D eigenvalue weighted by atomic mass is 35.5. The van der Waals surface area contributed by atoms with Crippen molar-refractivity contribution in [1.82, 2.24) is 9.78 Å². The van der Waals surface area contributed by atoms with Gasteiger partial charge in [-0.3, -0.25) is 0 Å². The second kappa shape index (κ2) is 7.12. The Morgan fingerprint density at radius 1 is 1.26 bits per heavy atom. The summed E-state index contributed by atoms with van der Waals surface area (Å²) < 4.78 is 21.3. The van der Waals surface area contributed by atoms with Crippen LogP contribution in [0.5, 0.6) is 5.75 Å². The number of hydrogen-bond acceptors (Lipinski definition) is 2. The van der Waals surface area contributed by atoms with Crippen LogP contribution in [0, 0.1) is 5.82 Å². The third kappa shape index (κ3) is 3.35. The van der Waals surface area contributed by atoms with Crippen molar-refractivity contribution >= 4 is 34.8 Å². The van der Waals surface area contributed by atoms with Gasteiger partial charge in [-0.15, -0.1) is 0 Å². The van der Waals surface area contributed by atoms with E-state index in [-0.39, 0.29) is 17.3 Å². The molecule has 0 bridgehead atoms. The summed E-state index contributed by atoms with van der Waals surface area (Å²) in [6, 6.07) is 2.71. The molecule has 0 fully saturated rings. The lowest BCUT2D eigenvalue weighted by Crippen LogP contribution is -2.03. The minimum Gasteiger partial charge on any atom is -0.488 e. The highest BCUT2D eigenvalue weighted by Gasteiger charge is 2.22. The van der Waals surface area contributed by atoms with Gasteiger partial charge in [0.15, 0.2) is 5.82 Å². The van der Waals surface area contributed by atoms with Gasteiger partial charge in [-0.1, -0.05) is 34.8 Å². The molecule has 0 atom stereocenters. The fraction of sp³-hybridized carbons (Fsp3) is 0.312. The SMILES string of the molecule is Fc1cc(Cl)c(OCC=CCl)cc1-n1nc2c(c1Cl)CCCC2. The topological polar surface area (TPSA) is 27.1 Å². The average molecular weight is 376 g/mol. The molecule has 7 heteroatoms. The Balaban J connectivity index is 2.02. The van der Waals surface area contributed by atoms with Crippen LogP contribution in [0.25, 0.3) is 5.69 Å². The molecule has 0 saturated carbocycles. The second-order valence-electron chi connectivity index (χ2n) is 5.24. The fourth-order valence-corrected chi connectivity index (χ4v) is 3.25. The fourth-order valence-electron chi connectivity index (χ4n) is 2.64. The minimum absolute atomic E-state index is 0.183. The minimum atomic E-state index is -0.503. The molecule has 0 saturated heterocycles. The van der Waals surface area contributed by atoms with Crippen LogP contribution in [-0.4, -0.2) is 16.4 Å². The number of rotatable bonds is 4. The molecule has 0 N–H and O–H groups in total. The molecule has 2 aromatic rings. The van der Waals surface area contributed by atoms with E-state index in [9.17, 15) is 4.39 Å². The Labute approximate surface area is 148 Å². The van der Waals surface area contributed by atoms with Crippen molar-refractivity contribution in [3.05, 3.63) is 51.0 Å². The maximum Gasteiger partial charge on any atom is 0.150 e. The lowest BCUT2D eigenvalue weighted by molar-refractivity contribution is 0.362. The van der Waals surface area contributed by atoms with E-state index in [4.69, 9.17) is 39.5 Å². The number of halogens is 4. The Bertz CT molecular complexity index is 758. The summed E-state index contributed by atoms with van der Waals surface area (Å²) in [7, 11) is 0. The summed E-state index contributed by atoms with van der Waals surface area (Å²) in [6.45, 7) is 0.234. The van der Waals surface area contributed by atoms with E-state index in [0.29, 0.717) is 10.9 Å². The maximum atomic E-state index is 14.4. The zero-order valence-corrected chi connectivity index (χ0v) is 14.4. The number of nitrogens with zero attached hydrogens (tertiary/aromatic N) is 2. The van der Waals surface area contributed by atoms with E-state index in [1.54, 1.807) is 6.08 Å². The molecular formula is C16H14Cl3FN2O. The summed E-state index contributed by atoms with van der Waals surface area (Å²) in [5, 5.41) is 5.09. The predicted octanol–water partition coefficient (Wildman–Crippen LogP) is 5.33. The smallest absolute Gasteiger partial charge is 0.150 e. The zero-order valence-electron chi connectivity index (χ0n) is 12.2. The van der Waals surface area contributed by atoms with Crippen LogP contribution in [0.15, 0.2) is 23.7 Å². The molecule has 1 aromatic carbocycles. The van der Waals surface area contributed by atoms with Crippen LogP contribution in [0.3, 0.4) is 0 Å². The Hall–Kier alpha value is -1.23. The van der Waals surface area contributed by atoms with Gasteiger partial charge in [0.2, 0.25) is 0 Å². The van der Waals surface area contributed by atoms with Crippen LogP contribution in [0.2, 0.25) is 10.2 Å². The Kier molecular flexibility index (Phi) is 5.14. The molecule has 0 amide bonds. The van der Waals surface area contributed by atoms with Crippen LogP contribution >= 0.6 is 34.8 Å². The van der Waals surface area contributed by atoms with E-state index >= 15 is 0 Å². The molecule has 0 unspecified atom stereocenters. The molecule has 3 nitrogen and oxygen atoms in total. The largest absolute Gasteiger partial charge is 0.488 e. The molecule has 23 heavy (non-hydrogen) atoms. The van der Waals surface area contributed by atoms with Gasteiger partial charge in [0.1, 0.15) is 23.2 Å². The van der Waals surface area contributed by atoms with Gasteiger partial charge < -0.3 is 4.74 Å². The Morgan fingerprint density at radius 3 is 2.78 bits per heavy atom. The third-order valence-electron chi connectivity index (χ3n) is 3.75. The predicted molar refractivity (Wildman–Crippen MR) is 90.7 cm³/mol. The van der Waals surface area contributed by atoms with Gasteiger partial charge >= 0.3 is 0 Å². The molecule has 0 aliphatic heterocycles. The van der Waals surface area contributed by atoms with Crippen LogP contribution in [0.4, 0.5) is 4.39 Å². The monoisotopic (exact) mass is 374 g/mol. The van der Waals surface area contributed by atoms with Gasteiger partial charge in [-0.05, 0) is 37.8 Å². The van der Waals surface area contributed by atoms with Crippen molar-refractivity contribution in [3.8, 4) is 11.4 Å². The second-order valence-corrected chi connectivity index (χ2v) is 6.26. The molecule has 1 aliphatic rings. The average Bonchev–Trinajstić information content (AvgIpc) is 2.87. The number of aromatic nitrogens is 2. The molecule has 122 valence electrons. The number of ether oxygens (including phenoxy) is 1. The van der Waals surface area contributed by atoms with Crippen molar-refractivity contribution in [2.45, 2.75) is 25.7 Å². The van der Waals surface area contributed by atoms with E-state index in [0.717, 1.165) is 36.9 Å². The Morgan fingerprint density at radius 2 is 2.04 bits per heavy atom. The number of fused-ring (bicyclic) bond motifs is 1. The van der Waals surface area contributed by atoms with Crippen molar-refractivity contribution in [1.29, 1.82) is 0 Å².